The molecule has 33 heavy (non-hydrogen) atoms. The summed E-state index contributed by atoms with van der Waals surface area (Å²) in [5.74, 6) is -0.587. The number of nitrogens with zero attached hydrogens (tertiary/aromatic N) is 3. The number of hydrogen-bond acceptors (Lipinski definition) is 4. The lowest BCUT2D eigenvalue weighted by atomic mass is 9.90. The molecule has 0 bridgehead atoms. The number of aromatic nitrogens is 2. The van der Waals surface area contributed by atoms with Crippen molar-refractivity contribution in [3.8, 4) is 11.1 Å². The van der Waals surface area contributed by atoms with Crippen LogP contribution >= 0.6 is 0 Å². The predicted molar refractivity (Wildman–Crippen MR) is 126 cm³/mol. The van der Waals surface area contributed by atoms with Crippen LogP contribution in [-0.4, -0.2) is 51.8 Å². The number of ether oxygens (including phenoxy) is 1. The molecular formula is C26H30N4O3. The fraction of sp³-hybridized carbons (Fsp3) is 0.346. The molecule has 2 aromatic carbocycles. The highest BCUT2D eigenvalue weighted by Crippen LogP contribution is 2.27. The summed E-state index contributed by atoms with van der Waals surface area (Å²) in [6.45, 7) is 5.36. The summed E-state index contributed by atoms with van der Waals surface area (Å²) < 4.78 is 7.76. The number of primary amides is 1. The number of morpholine rings is 1. The molecule has 3 aromatic rings. The molecule has 4 rings (SSSR count). The normalized spacial score (nSPS) is 18.3. The highest BCUT2D eigenvalue weighted by molar-refractivity contribution is 5.86. The van der Waals surface area contributed by atoms with Crippen molar-refractivity contribution in [2.24, 2.45) is 5.73 Å². The average Bonchev–Trinajstić information content (AvgIpc) is 3.23. The van der Waals surface area contributed by atoms with Gasteiger partial charge in [0.15, 0.2) is 5.60 Å². The van der Waals surface area contributed by atoms with E-state index in [4.69, 9.17) is 10.5 Å². The van der Waals surface area contributed by atoms with Gasteiger partial charge in [0.1, 0.15) is 0 Å². The molecule has 7 nitrogen and oxygen atoms in total. The van der Waals surface area contributed by atoms with Crippen LogP contribution in [-0.2, 0) is 27.3 Å². The van der Waals surface area contributed by atoms with Gasteiger partial charge in [-0.25, -0.2) is 0 Å². The first-order chi connectivity index (χ1) is 15.9. The number of benzene rings is 2. The maximum atomic E-state index is 12.9. The summed E-state index contributed by atoms with van der Waals surface area (Å²) in [7, 11) is 0. The van der Waals surface area contributed by atoms with Crippen LogP contribution in [0.2, 0.25) is 0 Å². The molecule has 0 saturated carbocycles. The van der Waals surface area contributed by atoms with E-state index < -0.39 is 11.5 Å². The third kappa shape index (κ3) is 5.14. The van der Waals surface area contributed by atoms with Crippen molar-refractivity contribution >= 4 is 11.8 Å². The minimum absolute atomic E-state index is 0.0350. The second-order valence-corrected chi connectivity index (χ2v) is 8.71. The zero-order chi connectivity index (χ0) is 23.4. The minimum atomic E-state index is -1.25. The Morgan fingerprint density at radius 3 is 2.58 bits per heavy atom. The molecule has 1 aromatic heterocycles. The number of rotatable bonds is 7. The first kappa shape index (κ1) is 22.7. The van der Waals surface area contributed by atoms with Gasteiger partial charge in [-0.15, -0.1) is 0 Å². The van der Waals surface area contributed by atoms with Crippen molar-refractivity contribution in [3.05, 3.63) is 77.6 Å². The molecule has 7 heteroatoms. The van der Waals surface area contributed by atoms with Crippen molar-refractivity contribution in [3.63, 3.8) is 0 Å². The zero-order valence-corrected chi connectivity index (χ0v) is 19.2. The standard InChI is InChI=1S/C26H30N4O3/c1-19-6-8-22(9-7-19)23-5-3-4-21(16-23)17-26(25(27)32)18-29(14-15-33-26)24(31)11-13-30-20(2)10-12-28-30/h3-10,12,16H,11,13-15,17-18H2,1-2H3,(H2,27,32)/t26-/m0/s1. The van der Waals surface area contributed by atoms with Gasteiger partial charge in [-0.05, 0) is 36.6 Å². The SMILES string of the molecule is Cc1ccc(-c2cccc(C[C@@]3(C(N)=O)CN(C(=O)CCn4nccc4C)CCO3)c2)cc1. The van der Waals surface area contributed by atoms with E-state index in [1.54, 1.807) is 15.8 Å². The molecule has 1 saturated heterocycles. The second kappa shape index (κ2) is 9.58. The largest absolute Gasteiger partial charge is 0.367 e. The third-order valence-corrected chi connectivity index (χ3v) is 6.26. The molecule has 1 aliphatic heterocycles. The van der Waals surface area contributed by atoms with Crippen LogP contribution in [0.5, 0.6) is 0 Å². The Bertz CT molecular complexity index is 1140. The molecule has 1 atom stereocenters. The minimum Gasteiger partial charge on any atom is -0.367 e. The lowest BCUT2D eigenvalue weighted by Crippen LogP contribution is -2.61. The number of hydrogen-bond donors (Lipinski definition) is 1. The van der Waals surface area contributed by atoms with Gasteiger partial charge < -0.3 is 15.4 Å². The lowest BCUT2D eigenvalue weighted by Gasteiger charge is -2.41. The molecule has 0 aliphatic carbocycles. The van der Waals surface area contributed by atoms with Crippen molar-refractivity contribution in [1.82, 2.24) is 14.7 Å². The van der Waals surface area contributed by atoms with E-state index in [2.05, 4.69) is 42.4 Å². The molecule has 0 spiro atoms. The molecule has 0 unspecified atom stereocenters. The lowest BCUT2D eigenvalue weighted by molar-refractivity contribution is -0.163. The molecular weight excluding hydrogens is 416 g/mol. The van der Waals surface area contributed by atoms with Crippen LogP contribution in [0.4, 0.5) is 0 Å². The highest BCUT2D eigenvalue weighted by Gasteiger charge is 2.43. The fourth-order valence-electron chi connectivity index (χ4n) is 4.27. The van der Waals surface area contributed by atoms with Crippen molar-refractivity contribution in [1.29, 1.82) is 0 Å². The van der Waals surface area contributed by atoms with Gasteiger partial charge in [0.05, 0.1) is 13.2 Å². The number of amides is 2. The number of aryl methyl sites for hydroxylation is 3. The second-order valence-electron chi connectivity index (χ2n) is 8.71. The smallest absolute Gasteiger partial charge is 0.251 e. The summed E-state index contributed by atoms with van der Waals surface area (Å²) in [5, 5.41) is 4.23. The number of carbonyl (C=O) groups excluding carboxylic acids is 2. The van der Waals surface area contributed by atoms with E-state index in [0.717, 1.165) is 22.4 Å². The summed E-state index contributed by atoms with van der Waals surface area (Å²) in [4.78, 5) is 27.2. The maximum Gasteiger partial charge on any atom is 0.251 e. The topological polar surface area (TPSA) is 90.5 Å². The Balaban J connectivity index is 1.49. The van der Waals surface area contributed by atoms with E-state index in [1.807, 2.05) is 31.2 Å². The average molecular weight is 447 g/mol. The van der Waals surface area contributed by atoms with Gasteiger partial charge in [0, 0.05) is 37.8 Å². The van der Waals surface area contributed by atoms with Crippen molar-refractivity contribution in [2.75, 3.05) is 19.7 Å². The van der Waals surface area contributed by atoms with Gasteiger partial charge in [-0.2, -0.15) is 5.10 Å². The molecule has 2 N–H and O–H groups in total. The molecule has 1 fully saturated rings. The van der Waals surface area contributed by atoms with Crippen LogP contribution in [0.3, 0.4) is 0 Å². The molecule has 172 valence electrons. The molecule has 0 radical (unpaired) electrons. The Labute approximate surface area is 194 Å². The van der Waals surface area contributed by atoms with Crippen LogP contribution in [0, 0.1) is 13.8 Å². The van der Waals surface area contributed by atoms with Crippen molar-refractivity contribution < 1.29 is 14.3 Å². The van der Waals surface area contributed by atoms with Crippen LogP contribution < -0.4 is 5.73 Å². The number of nitrogens with two attached hydrogens (primary N) is 1. The Hall–Kier alpha value is -3.45. The zero-order valence-electron chi connectivity index (χ0n) is 19.2. The highest BCUT2D eigenvalue weighted by atomic mass is 16.5. The molecule has 1 aliphatic rings. The summed E-state index contributed by atoms with van der Waals surface area (Å²) >= 11 is 0. The van der Waals surface area contributed by atoms with Gasteiger partial charge >= 0.3 is 0 Å². The Morgan fingerprint density at radius 1 is 1.09 bits per heavy atom. The Morgan fingerprint density at radius 2 is 1.88 bits per heavy atom. The Kier molecular flexibility index (Phi) is 6.60. The first-order valence-corrected chi connectivity index (χ1v) is 11.2. The predicted octanol–water partition coefficient (Wildman–Crippen LogP) is 2.88. The molecule has 2 amide bonds. The van der Waals surface area contributed by atoms with E-state index in [9.17, 15) is 9.59 Å². The monoisotopic (exact) mass is 446 g/mol. The van der Waals surface area contributed by atoms with E-state index in [-0.39, 0.29) is 19.1 Å². The quantitative estimate of drug-likeness (QED) is 0.604. The summed E-state index contributed by atoms with van der Waals surface area (Å²) in [6.07, 6.45) is 2.34. The van der Waals surface area contributed by atoms with Crippen LogP contribution in [0.25, 0.3) is 11.1 Å². The van der Waals surface area contributed by atoms with Gasteiger partial charge in [-0.3, -0.25) is 14.3 Å². The van der Waals surface area contributed by atoms with Crippen LogP contribution in [0.15, 0.2) is 60.8 Å². The first-order valence-electron chi connectivity index (χ1n) is 11.2. The van der Waals surface area contributed by atoms with Gasteiger partial charge in [-0.1, -0.05) is 54.1 Å². The van der Waals surface area contributed by atoms with E-state index >= 15 is 0 Å². The summed E-state index contributed by atoms with van der Waals surface area (Å²) in [5.41, 5.74) is 9.89. The fourth-order valence-corrected chi connectivity index (χ4v) is 4.27. The molecule has 2 heterocycles. The maximum absolute atomic E-state index is 12.9. The van der Waals surface area contributed by atoms with Crippen molar-refractivity contribution in [2.45, 2.75) is 38.8 Å². The van der Waals surface area contributed by atoms with Gasteiger partial charge in [0.2, 0.25) is 5.91 Å². The van der Waals surface area contributed by atoms with Crippen LogP contribution in [0.1, 0.15) is 23.2 Å². The van der Waals surface area contributed by atoms with E-state index in [1.165, 1.54) is 5.56 Å². The number of carbonyl (C=O) groups is 2. The van der Waals surface area contributed by atoms with E-state index in [0.29, 0.717) is 25.9 Å². The summed E-state index contributed by atoms with van der Waals surface area (Å²) in [6, 6.07) is 18.2. The van der Waals surface area contributed by atoms with Gasteiger partial charge in [0.25, 0.3) is 5.91 Å². The third-order valence-electron chi connectivity index (χ3n) is 6.26.